The van der Waals surface area contributed by atoms with E-state index in [0.717, 1.165) is 29.2 Å². The van der Waals surface area contributed by atoms with Crippen molar-refractivity contribution in [2.45, 2.75) is 39.8 Å². The first-order valence-electron chi connectivity index (χ1n) is 5.14. The van der Waals surface area contributed by atoms with E-state index in [1.807, 2.05) is 20.8 Å². The van der Waals surface area contributed by atoms with E-state index in [2.05, 4.69) is 9.97 Å². The number of hydrogen-bond acceptors (Lipinski definition) is 4. The van der Waals surface area contributed by atoms with Crippen molar-refractivity contribution in [2.24, 2.45) is 5.73 Å². The predicted octanol–water partition coefficient (Wildman–Crippen LogP) is 1.13. The molecule has 1 rings (SSSR count). The van der Waals surface area contributed by atoms with E-state index in [0.29, 0.717) is 6.54 Å². The third-order valence-electron chi connectivity index (χ3n) is 2.54. The third-order valence-corrected chi connectivity index (χ3v) is 2.54. The van der Waals surface area contributed by atoms with Crippen LogP contribution in [0.5, 0.6) is 0 Å². The van der Waals surface area contributed by atoms with Crippen LogP contribution in [0.25, 0.3) is 0 Å². The number of aromatic nitrogens is 2. The van der Waals surface area contributed by atoms with Crippen LogP contribution < -0.4 is 5.73 Å². The minimum atomic E-state index is 0.146. The normalized spacial score (nSPS) is 12.9. The van der Waals surface area contributed by atoms with Gasteiger partial charge in [-0.05, 0) is 20.8 Å². The lowest BCUT2D eigenvalue weighted by Gasteiger charge is -2.11. The van der Waals surface area contributed by atoms with Crippen LogP contribution in [0.15, 0.2) is 0 Å². The Morgan fingerprint density at radius 2 is 1.80 bits per heavy atom. The largest absolute Gasteiger partial charge is 0.381 e. The molecule has 1 heterocycles. The average Bonchev–Trinajstić information content (AvgIpc) is 2.17. The van der Waals surface area contributed by atoms with E-state index in [-0.39, 0.29) is 6.10 Å². The Labute approximate surface area is 90.9 Å². The van der Waals surface area contributed by atoms with E-state index in [4.69, 9.17) is 10.5 Å². The van der Waals surface area contributed by atoms with Crippen LogP contribution in [0, 0.1) is 13.8 Å². The second-order valence-electron chi connectivity index (χ2n) is 3.74. The van der Waals surface area contributed by atoms with Gasteiger partial charge in [-0.1, -0.05) is 0 Å². The fourth-order valence-electron chi connectivity index (χ4n) is 1.54. The summed E-state index contributed by atoms with van der Waals surface area (Å²) in [5.41, 5.74) is 8.62. The maximum Gasteiger partial charge on any atom is 0.131 e. The average molecular weight is 209 g/mol. The van der Waals surface area contributed by atoms with Crippen molar-refractivity contribution in [1.29, 1.82) is 0 Å². The molecule has 0 aromatic carbocycles. The van der Waals surface area contributed by atoms with Crippen LogP contribution in [0.3, 0.4) is 0 Å². The summed E-state index contributed by atoms with van der Waals surface area (Å²) in [6.45, 7) is 6.44. The number of aryl methyl sites for hydroxylation is 2. The molecule has 0 aliphatic carbocycles. The molecule has 0 saturated heterocycles. The van der Waals surface area contributed by atoms with Gasteiger partial charge in [0, 0.05) is 37.0 Å². The summed E-state index contributed by atoms with van der Waals surface area (Å²) in [6.07, 6.45) is 0.885. The van der Waals surface area contributed by atoms with Gasteiger partial charge in [0.25, 0.3) is 0 Å². The molecule has 0 fully saturated rings. The highest BCUT2D eigenvalue weighted by atomic mass is 16.5. The van der Waals surface area contributed by atoms with Crippen LogP contribution in [0.1, 0.15) is 29.7 Å². The molecular formula is C11H19N3O. The van der Waals surface area contributed by atoms with Crippen molar-refractivity contribution in [3.8, 4) is 0 Å². The van der Waals surface area contributed by atoms with Gasteiger partial charge in [-0.2, -0.15) is 0 Å². The molecule has 0 aliphatic rings. The molecule has 0 saturated carbocycles. The highest BCUT2D eigenvalue weighted by Crippen LogP contribution is 2.10. The zero-order valence-corrected chi connectivity index (χ0v) is 9.87. The summed E-state index contributed by atoms with van der Waals surface area (Å²) in [5.74, 6) is 0.830. The number of rotatable bonds is 4. The number of methoxy groups -OCH3 is 1. The van der Waals surface area contributed by atoms with Gasteiger partial charge in [-0.15, -0.1) is 0 Å². The van der Waals surface area contributed by atoms with Crippen LogP contribution in [-0.2, 0) is 17.7 Å². The highest BCUT2D eigenvalue weighted by molar-refractivity contribution is 5.24. The summed E-state index contributed by atoms with van der Waals surface area (Å²) in [7, 11) is 1.69. The summed E-state index contributed by atoms with van der Waals surface area (Å²) in [4.78, 5) is 8.84. The van der Waals surface area contributed by atoms with E-state index in [1.54, 1.807) is 7.11 Å². The Hall–Kier alpha value is -1.00. The SMILES string of the molecule is COC(C)Cc1nc(C)c(CN)c(C)n1. The van der Waals surface area contributed by atoms with Crippen LogP contribution in [0.4, 0.5) is 0 Å². The van der Waals surface area contributed by atoms with Gasteiger partial charge in [-0.3, -0.25) is 0 Å². The molecule has 0 bridgehead atoms. The fraction of sp³-hybridized carbons (Fsp3) is 0.636. The van der Waals surface area contributed by atoms with Gasteiger partial charge in [-0.25, -0.2) is 9.97 Å². The molecule has 84 valence electrons. The zero-order chi connectivity index (χ0) is 11.4. The molecule has 2 N–H and O–H groups in total. The number of nitrogens with zero attached hydrogens (tertiary/aromatic N) is 2. The van der Waals surface area contributed by atoms with Gasteiger partial charge in [0.05, 0.1) is 6.10 Å². The molecule has 15 heavy (non-hydrogen) atoms. The van der Waals surface area contributed by atoms with Crippen molar-refractivity contribution in [1.82, 2.24) is 9.97 Å². The zero-order valence-electron chi connectivity index (χ0n) is 9.87. The van der Waals surface area contributed by atoms with E-state index >= 15 is 0 Å². The Balaban J connectivity index is 2.93. The lowest BCUT2D eigenvalue weighted by molar-refractivity contribution is 0.117. The lowest BCUT2D eigenvalue weighted by Crippen LogP contribution is -2.14. The fourth-order valence-corrected chi connectivity index (χ4v) is 1.54. The second kappa shape index (κ2) is 5.19. The molecule has 1 atom stereocenters. The topological polar surface area (TPSA) is 61.0 Å². The van der Waals surface area contributed by atoms with Crippen LogP contribution in [-0.4, -0.2) is 23.2 Å². The summed E-state index contributed by atoms with van der Waals surface area (Å²) >= 11 is 0. The molecule has 0 amide bonds. The maximum atomic E-state index is 5.62. The molecule has 0 aliphatic heterocycles. The molecule has 4 heteroatoms. The molecule has 4 nitrogen and oxygen atoms in total. The smallest absolute Gasteiger partial charge is 0.131 e. The Morgan fingerprint density at radius 1 is 1.27 bits per heavy atom. The molecule has 1 aromatic rings. The van der Waals surface area contributed by atoms with Gasteiger partial charge in [0.2, 0.25) is 0 Å². The minimum absolute atomic E-state index is 0.146. The van der Waals surface area contributed by atoms with E-state index in [1.165, 1.54) is 0 Å². The van der Waals surface area contributed by atoms with Crippen molar-refractivity contribution < 1.29 is 4.74 Å². The number of nitrogens with two attached hydrogens (primary N) is 1. The van der Waals surface area contributed by atoms with Gasteiger partial charge in [0.1, 0.15) is 5.82 Å². The van der Waals surface area contributed by atoms with Crippen molar-refractivity contribution in [2.75, 3.05) is 7.11 Å². The minimum Gasteiger partial charge on any atom is -0.381 e. The summed E-state index contributed by atoms with van der Waals surface area (Å²) < 4.78 is 5.19. The summed E-state index contributed by atoms with van der Waals surface area (Å²) in [6, 6.07) is 0. The molecular weight excluding hydrogens is 190 g/mol. The third kappa shape index (κ3) is 2.97. The first-order chi connectivity index (χ1) is 7.08. The van der Waals surface area contributed by atoms with Crippen molar-refractivity contribution in [3.05, 3.63) is 22.8 Å². The maximum absolute atomic E-state index is 5.62. The number of ether oxygens (including phenoxy) is 1. The first-order valence-corrected chi connectivity index (χ1v) is 5.14. The lowest BCUT2D eigenvalue weighted by atomic mass is 10.1. The van der Waals surface area contributed by atoms with Gasteiger partial charge in [0.15, 0.2) is 0 Å². The van der Waals surface area contributed by atoms with Gasteiger partial charge >= 0.3 is 0 Å². The highest BCUT2D eigenvalue weighted by Gasteiger charge is 2.09. The quantitative estimate of drug-likeness (QED) is 0.807. The van der Waals surface area contributed by atoms with Crippen LogP contribution >= 0.6 is 0 Å². The van der Waals surface area contributed by atoms with E-state index in [9.17, 15) is 0 Å². The van der Waals surface area contributed by atoms with Gasteiger partial charge < -0.3 is 10.5 Å². The van der Waals surface area contributed by atoms with Crippen molar-refractivity contribution in [3.63, 3.8) is 0 Å². The second-order valence-corrected chi connectivity index (χ2v) is 3.74. The number of hydrogen-bond donors (Lipinski definition) is 1. The predicted molar refractivity (Wildman–Crippen MR) is 59.6 cm³/mol. The Kier molecular flexibility index (Phi) is 4.17. The van der Waals surface area contributed by atoms with Crippen LogP contribution in [0.2, 0.25) is 0 Å². The Bertz CT molecular complexity index is 316. The first kappa shape index (κ1) is 12.1. The standard InChI is InChI=1S/C11H19N3O/c1-7(15-4)5-11-13-8(2)10(6-12)9(3)14-11/h7H,5-6,12H2,1-4H3. The molecule has 0 radical (unpaired) electrons. The van der Waals surface area contributed by atoms with Crippen molar-refractivity contribution >= 4 is 0 Å². The molecule has 1 aromatic heterocycles. The molecule has 1 unspecified atom stereocenters. The molecule has 0 spiro atoms. The Morgan fingerprint density at radius 3 is 2.20 bits per heavy atom. The van der Waals surface area contributed by atoms with E-state index < -0.39 is 0 Å². The summed E-state index contributed by atoms with van der Waals surface area (Å²) in [5, 5.41) is 0. The monoisotopic (exact) mass is 209 g/mol.